The normalized spacial score (nSPS) is 18.5. The molecule has 1 aromatic carbocycles. The lowest BCUT2D eigenvalue weighted by molar-refractivity contribution is 0.199. The average molecular weight is 508 g/mol. The highest BCUT2D eigenvalue weighted by atomic mass is 127. The molecular formula is C22H29IN4O2. The first-order valence-electron chi connectivity index (χ1n) is 10.1. The van der Waals surface area contributed by atoms with Gasteiger partial charge in [-0.05, 0) is 43.4 Å². The van der Waals surface area contributed by atoms with Crippen molar-refractivity contribution in [3.63, 3.8) is 0 Å². The Balaban J connectivity index is 0.00000240. The monoisotopic (exact) mass is 508 g/mol. The van der Waals surface area contributed by atoms with Gasteiger partial charge in [-0.25, -0.2) is 4.98 Å². The van der Waals surface area contributed by atoms with E-state index in [1.807, 2.05) is 24.3 Å². The van der Waals surface area contributed by atoms with Crippen LogP contribution in [0.2, 0.25) is 0 Å². The Bertz CT molecular complexity index is 799. The summed E-state index contributed by atoms with van der Waals surface area (Å²) >= 11 is 0. The van der Waals surface area contributed by atoms with Crippen LogP contribution in [0.4, 0.5) is 0 Å². The van der Waals surface area contributed by atoms with Gasteiger partial charge in [0, 0.05) is 31.8 Å². The molecular weight excluding hydrogens is 479 g/mol. The maximum atomic E-state index is 6.12. The molecule has 1 aromatic heterocycles. The van der Waals surface area contributed by atoms with Gasteiger partial charge in [-0.1, -0.05) is 24.3 Å². The van der Waals surface area contributed by atoms with Crippen molar-refractivity contribution in [2.45, 2.75) is 50.9 Å². The zero-order valence-electron chi connectivity index (χ0n) is 16.8. The smallest absolute Gasteiger partial charge is 0.218 e. The number of hydrogen-bond donors (Lipinski definition) is 2. The second kappa shape index (κ2) is 10.7. The number of ether oxygens (including phenoxy) is 2. The number of para-hydroxylation sites is 1. The Labute approximate surface area is 189 Å². The minimum atomic E-state index is 0. The van der Waals surface area contributed by atoms with Crippen LogP contribution in [0.1, 0.15) is 36.8 Å². The maximum absolute atomic E-state index is 6.12. The van der Waals surface area contributed by atoms with Crippen LogP contribution >= 0.6 is 24.0 Å². The van der Waals surface area contributed by atoms with Gasteiger partial charge in [-0.15, -0.1) is 24.0 Å². The number of guanidine groups is 1. The van der Waals surface area contributed by atoms with Crippen molar-refractivity contribution < 1.29 is 9.47 Å². The van der Waals surface area contributed by atoms with Crippen LogP contribution in [0.25, 0.3) is 0 Å². The van der Waals surface area contributed by atoms with E-state index in [0.29, 0.717) is 19.2 Å². The largest absolute Gasteiger partial charge is 0.488 e. The van der Waals surface area contributed by atoms with Crippen molar-refractivity contribution in [2.75, 3.05) is 13.6 Å². The first-order chi connectivity index (χ1) is 13.8. The molecule has 0 spiro atoms. The summed E-state index contributed by atoms with van der Waals surface area (Å²) in [5.41, 5.74) is 2.31. The minimum Gasteiger partial charge on any atom is -0.488 e. The van der Waals surface area contributed by atoms with E-state index >= 15 is 0 Å². The number of rotatable bonds is 6. The molecule has 1 fully saturated rings. The lowest BCUT2D eigenvalue weighted by atomic mass is 10.1. The van der Waals surface area contributed by atoms with E-state index in [-0.39, 0.29) is 30.1 Å². The second-order valence-electron chi connectivity index (χ2n) is 7.35. The summed E-state index contributed by atoms with van der Waals surface area (Å²) in [7, 11) is 1.78. The van der Waals surface area contributed by atoms with Crippen molar-refractivity contribution in [1.29, 1.82) is 0 Å². The van der Waals surface area contributed by atoms with E-state index < -0.39 is 0 Å². The number of halogens is 1. The Kier molecular flexibility index (Phi) is 7.97. The fourth-order valence-corrected chi connectivity index (χ4v) is 3.81. The molecule has 2 heterocycles. The SMILES string of the molecule is CN=C(NCc1cccnc1OC1CCCC1)NCC1Cc2ccccc2O1.I. The van der Waals surface area contributed by atoms with E-state index in [0.717, 1.165) is 42.4 Å². The molecule has 1 aliphatic heterocycles. The second-order valence-corrected chi connectivity index (χ2v) is 7.35. The standard InChI is InChI=1S/C22H28N4O2.HI/c1-23-22(26-15-19-13-16-7-2-5-11-20(16)27-19)25-14-17-8-6-12-24-21(17)28-18-9-3-4-10-18;/h2,5-8,11-12,18-19H,3-4,9-10,13-15H2,1H3,(H2,23,25,26);1H. The van der Waals surface area contributed by atoms with Crippen molar-refractivity contribution in [1.82, 2.24) is 15.6 Å². The van der Waals surface area contributed by atoms with Crippen molar-refractivity contribution in [3.05, 3.63) is 53.7 Å². The Morgan fingerprint density at radius 2 is 2.00 bits per heavy atom. The molecule has 1 saturated carbocycles. The predicted molar refractivity (Wildman–Crippen MR) is 125 cm³/mol. The van der Waals surface area contributed by atoms with Gasteiger partial charge >= 0.3 is 0 Å². The average Bonchev–Trinajstić information content (AvgIpc) is 3.38. The Hall–Kier alpha value is -2.03. The first-order valence-corrected chi connectivity index (χ1v) is 10.1. The van der Waals surface area contributed by atoms with Gasteiger partial charge in [0.15, 0.2) is 5.96 Å². The zero-order valence-corrected chi connectivity index (χ0v) is 19.1. The Morgan fingerprint density at radius 3 is 2.79 bits per heavy atom. The summed E-state index contributed by atoms with van der Waals surface area (Å²) in [6.45, 7) is 1.31. The molecule has 2 N–H and O–H groups in total. The summed E-state index contributed by atoms with van der Waals surface area (Å²) in [5.74, 6) is 2.46. The molecule has 6 nitrogen and oxygen atoms in total. The van der Waals surface area contributed by atoms with Crippen molar-refractivity contribution in [3.8, 4) is 11.6 Å². The van der Waals surface area contributed by atoms with Gasteiger partial charge in [0.05, 0.1) is 6.54 Å². The van der Waals surface area contributed by atoms with Crippen LogP contribution in [-0.2, 0) is 13.0 Å². The zero-order chi connectivity index (χ0) is 19.2. The van der Waals surface area contributed by atoms with Gasteiger partial charge in [-0.3, -0.25) is 4.99 Å². The van der Waals surface area contributed by atoms with Crippen molar-refractivity contribution >= 4 is 29.9 Å². The maximum Gasteiger partial charge on any atom is 0.218 e. The third-order valence-electron chi connectivity index (χ3n) is 5.31. The van der Waals surface area contributed by atoms with E-state index in [2.05, 4.69) is 32.7 Å². The molecule has 0 amide bonds. The molecule has 156 valence electrons. The minimum absolute atomic E-state index is 0. The first kappa shape index (κ1) is 21.7. The van der Waals surface area contributed by atoms with Gasteiger partial charge in [-0.2, -0.15) is 0 Å². The van der Waals surface area contributed by atoms with E-state index in [1.54, 1.807) is 13.2 Å². The van der Waals surface area contributed by atoms with Crippen LogP contribution in [0, 0.1) is 0 Å². The number of pyridine rings is 1. The molecule has 1 unspecified atom stereocenters. The molecule has 2 aromatic rings. The molecule has 2 aliphatic rings. The topological polar surface area (TPSA) is 67.8 Å². The lowest BCUT2D eigenvalue weighted by Crippen LogP contribution is -2.42. The van der Waals surface area contributed by atoms with Gasteiger partial charge in [0.2, 0.25) is 5.88 Å². The highest BCUT2D eigenvalue weighted by Crippen LogP contribution is 2.28. The summed E-state index contributed by atoms with van der Waals surface area (Å²) in [6, 6.07) is 12.2. The van der Waals surface area contributed by atoms with E-state index in [1.165, 1.54) is 18.4 Å². The molecule has 1 aliphatic carbocycles. The van der Waals surface area contributed by atoms with Gasteiger partial charge < -0.3 is 20.1 Å². The third-order valence-corrected chi connectivity index (χ3v) is 5.31. The number of nitrogens with zero attached hydrogens (tertiary/aromatic N) is 2. The number of hydrogen-bond acceptors (Lipinski definition) is 4. The van der Waals surface area contributed by atoms with Crippen LogP contribution in [0.15, 0.2) is 47.6 Å². The van der Waals surface area contributed by atoms with E-state index in [9.17, 15) is 0 Å². The highest BCUT2D eigenvalue weighted by molar-refractivity contribution is 14.0. The van der Waals surface area contributed by atoms with Crippen LogP contribution < -0.4 is 20.1 Å². The summed E-state index contributed by atoms with van der Waals surface area (Å²) in [6.07, 6.45) is 7.86. The number of aliphatic imine (C=N–C) groups is 1. The number of nitrogens with one attached hydrogen (secondary N) is 2. The number of benzene rings is 1. The quantitative estimate of drug-likeness (QED) is 0.354. The molecule has 4 rings (SSSR count). The van der Waals surface area contributed by atoms with Crippen LogP contribution in [0.3, 0.4) is 0 Å². The Morgan fingerprint density at radius 1 is 1.17 bits per heavy atom. The number of aromatic nitrogens is 1. The van der Waals surface area contributed by atoms with Crippen molar-refractivity contribution in [2.24, 2.45) is 4.99 Å². The summed E-state index contributed by atoms with van der Waals surface area (Å²) in [4.78, 5) is 8.76. The predicted octanol–water partition coefficient (Wildman–Crippen LogP) is 3.69. The van der Waals surface area contributed by atoms with Crippen LogP contribution in [-0.4, -0.2) is 36.7 Å². The lowest BCUT2D eigenvalue weighted by Gasteiger charge is -2.18. The molecule has 7 heteroatoms. The molecule has 0 radical (unpaired) electrons. The molecule has 0 bridgehead atoms. The third kappa shape index (κ3) is 5.74. The highest BCUT2D eigenvalue weighted by Gasteiger charge is 2.22. The fourth-order valence-electron chi connectivity index (χ4n) is 3.81. The van der Waals surface area contributed by atoms with Crippen LogP contribution in [0.5, 0.6) is 11.6 Å². The summed E-state index contributed by atoms with van der Waals surface area (Å²) in [5, 5.41) is 6.72. The number of fused-ring (bicyclic) bond motifs is 1. The molecule has 29 heavy (non-hydrogen) atoms. The molecule has 1 atom stereocenters. The van der Waals surface area contributed by atoms with Gasteiger partial charge in [0.25, 0.3) is 0 Å². The van der Waals surface area contributed by atoms with E-state index in [4.69, 9.17) is 9.47 Å². The molecule has 0 saturated heterocycles. The van der Waals surface area contributed by atoms with Gasteiger partial charge in [0.1, 0.15) is 18.0 Å². The fraction of sp³-hybridized carbons (Fsp3) is 0.455. The summed E-state index contributed by atoms with van der Waals surface area (Å²) < 4.78 is 12.1.